The lowest BCUT2D eigenvalue weighted by Crippen LogP contribution is -2.44. The highest BCUT2D eigenvalue weighted by atomic mass is 16.6. The molecule has 116 valence electrons. The number of aliphatic hydroxyl groups excluding tert-OH is 1. The standard InChI is InChI=1S/C15H17N3O4/c1-8-5-18-4-2-3-9(14(18)16-8)15(20)17-10-6-21-13-11(19)7-22-12(10)13/h2-5,10-13,19H,6-7H2,1H3,(H,17,20)/t10-,11-,12-,13-/m1/s1. The van der Waals surface area contributed by atoms with Crippen LogP contribution in [-0.2, 0) is 9.47 Å². The Kier molecular flexibility index (Phi) is 3.14. The fraction of sp³-hybridized carbons (Fsp3) is 0.467. The topological polar surface area (TPSA) is 85.1 Å². The normalized spacial score (nSPS) is 30.6. The Balaban J connectivity index is 1.57. The van der Waals surface area contributed by atoms with Gasteiger partial charge in [0.2, 0.25) is 0 Å². The van der Waals surface area contributed by atoms with Gasteiger partial charge in [-0.05, 0) is 19.1 Å². The zero-order chi connectivity index (χ0) is 15.3. The van der Waals surface area contributed by atoms with Crippen LogP contribution in [0.5, 0.6) is 0 Å². The number of imidazole rings is 1. The molecule has 0 aromatic carbocycles. The number of hydrogen-bond donors (Lipinski definition) is 2. The molecule has 4 atom stereocenters. The fourth-order valence-electron chi connectivity index (χ4n) is 3.16. The minimum absolute atomic E-state index is 0.213. The zero-order valence-corrected chi connectivity index (χ0v) is 12.1. The van der Waals surface area contributed by atoms with Gasteiger partial charge in [0, 0.05) is 12.4 Å². The molecule has 2 aromatic rings. The van der Waals surface area contributed by atoms with Gasteiger partial charge in [-0.2, -0.15) is 0 Å². The third kappa shape index (κ3) is 2.09. The van der Waals surface area contributed by atoms with Gasteiger partial charge in [-0.1, -0.05) is 0 Å². The molecule has 2 N–H and O–H groups in total. The average molecular weight is 303 g/mol. The summed E-state index contributed by atoms with van der Waals surface area (Å²) in [5.74, 6) is -0.213. The summed E-state index contributed by atoms with van der Waals surface area (Å²) in [6, 6.07) is 3.30. The Hall–Kier alpha value is -1.96. The first kappa shape index (κ1) is 13.7. The van der Waals surface area contributed by atoms with Gasteiger partial charge in [0.05, 0.1) is 30.5 Å². The molecular formula is C15H17N3O4. The second-order valence-corrected chi connectivity index (χ2v) is 5.78. The van der Waals surface area contributed by atoms with Crippen molar-refractivity contribution in [2.45, 2.75) is 31.3 Å². The number of nitrogens with zero attached hydrogens (tertiary/aromatic N) is 2. The van der Waals surface area contributed by atoms with E-state index in [2.05, 4.69) is 10.3 Å². The Bertz CT molecular complexity index is 729. The van der Waals surface area contributed by atoms with E-state index in [0.29, 0.717) is 17.8 Å². The molecular weight excluding hydrogens is 286 g/mol. The number of aliphatic hydroxyl groups is 1. The number of amides is 1. The van der Waals surface area contributed by atoms with Crippen molar-refractivity contribution in [3.05, 3.63) is 35.8 Å². The first-order valence-corrected chi connectivity index (χ1v) is 7.30. The summed E-state index contributed by atoms with van der Waals surface area (Å²) in [6.07, 6.45) is 2.47. The summed E-state index contributed by atoms with van der Waals surface area (Å²) in [4.78, 5) is 16.9. The predicted octanol–water partition coefficient (Wildman–Crippen LogP) is -0.100. The van der Waals surface area contributed by atoms with E-state index in [1.54, 1.807) is 6.07 Å². The number of pyridine rings is 1. The minimum atomic E-state index is -0.620. The molecule has 2 fully saturated rings. The smallest absolute Gasteiger partial charge is 0.255 e. The van der Waals surface area contributed by atoms with Gasteiger partial charge in [-0.25, -0.2) is 4.98 Å². The SMILES string of the molecule is Cc1cn2cccc(C(=O)N[C@@H]3CO[C@H]4[C@@H]3OC[C@H]4O)c2n1. The molecule has 4 rings (SSSR count). The molecule has 0 spiro atoms. The molecule has 2 aliphatic heterocycles. The van der Waals surface area contributed by atoms with Crippen LogP contribution in [0.15, 0.2) is 24.5 Å². The van der Waals surface area contributed by atoms with Crippen molar-refractivity contribution in [1.82, 2.24) is 14.7 Å². The van der Waals surface area contributed by atoms with Gasteiger partial charge in [0.25, 0.3) is 5.91 Å². The molecule has 4 heterocycles. The van der Waals surface area contributed by atoms with Crippen molar-refractivity contribution in [3.8, 4) is 0 Å². The van der Waals surface area contributed by atoms with Crippen LogP contribution in [0.3, 0.4) is 0 Å². The zero-order valence-electron chi connectivity index (χ0n) is 12.1. The van der Waals surface area contributed by atoms with E-state index in [-0.39, 0.29) is 30.8 Å². The third-order valence-corrected chi connectivity index (χ3v) is 4.19. The summed E-state index contributed by atoms with van der Waals surface area (Å²) in [7, 11) is 0. The van der Waals surface area contributed by atoms with E-state index >= 15 is 0 Å². The summed E-state index contributed by atoms with van der Waals surface area (Å²) >= 11 is 0. The number of nitrogens with one attached hydrogen (secondary N) is 1. The number of aromatic nitrogens is 2. The number of aryl methyl sites for hydroxylation is 1. The van der Waals surface area contributed by atoms with Crippen molar-refractivity contribution in [1.29, 1.82) is 0 Å². The predicted molar refractivity (Wildman–Crippen MR) is 76.7 cm³/mol. The van der Waals surface area contributed by atoms with E-state index in [4.69, 9.17) is 9.47 Å². The van der Waals surface area contributed by atoms with Gasteiger partial charge >= 0.3 is 0 Å². The van der Waals surface area contributed by atoms with E-state index < -0.39 is 6.10 Å². The summed E-state index contributed by atoms with van der Waals surface area (Å²) in [6.45, 7) is 2.48. The monoisotopic (exact) mass is 303 g/mol. The first-order chi connectivity index (χ1) is 10.6. The van der Waals surface area contributed by atoms with Gasteiger partial charge in [-0.3, -0.25) is 4.79 Å². The van der Waals surface area contributed by atoms with Crippen molar-refractivity contribution in [2.75, 3.05) is 13.2 Å². The van der Waals surface area contributed by atoms with Crippen LogP contribution >= 0.6 is 0 Å². The van der Waals surface area contributed by atoms with Crippen LogP contribution in [0.25, 0.3) is 5.65 Å². The van der Waals surface area contributed by atoms with Crippen LogP contribution in [0.4, 0.5) is 0 Å². The highest BCUT2D eigenvalue weighted by molar-refractivity contribution is 6.00. The second kappa shape index (κ2) is 5.05. The Labute approximate surface area is 126 Å². The highest BCUT2D eigenvalue weighted by Gasteiger charge is 2.47. The highest BCUT2D eigenvalue weighted by Crippen LogP contribution is 2.27. The maximum Gasteiger partial charge on any atom is 0.255 e. The molecule has 2 saturated heterocycles. The number of fused-ring (bicyclic) bond motifs is 2. The molecule has 22 heavy (non-hydrogen) atoms. The molecule has 2 aromatic heterocycles. The Morgan fingerprint density at radius 3 is 3.09 bits per heavy atom. The molecule has 7 heteroatoms. The van der Waals surface area contributed by atoms with Crippen LogP contribution < -0.4 is 5.32 Å². The molecule has 7 nitrogen and oxygen atoms in total. The second-order valence-electron chi connectivity index (χ2n) is 5.78. The van der Waals surface area contributed by atoms with Gasteiger partial charge in [-0.15, -0.1) is 0 Å². The molecule has 0 aliphatic carbocycles. The molecule has 0 radical (unpaired) electrons. The average Bonchev–Trinajstić information content (AvgIpc) is 3.15. The molecule has 2 aliphatic rings. The largest absolute Gasteiger partial charge is 0.388 e. The number of ether oxygens (including phenoxy) is 2. The third-order valence-electron chi connectivity index (χ3n) is 4.19. The minimum Gasteiger partial charge on any atom is -0.388 e. The van der Waals surface area contributed by atoms with E-state index in [0.717, 1.165) is 5.69 Å². The molecule has 0 unspecified atom stereocenters. The number of hydrogen-bond acceptors (Lipinski definition) is 5. The summed E-state index contributed by atoms with van der Waals surface area (Å²) in [5.41, 5.74) is 1.99. The number of carbonyl (C=O) groups is 1. The summed E-state index contributed by atoms with van der Waals surface area (Å²) < 4.78 is 12.9. The van der Waals surface area contributed by atoms with Gasteiger partial charge in [0.15, 0.2) is 0 Å². The maximum atomic E-state index is 12.6. The van der Waals surface area contributed by atoms with Crippen molar-refractivity contribution >= 4 is 11.6 Å². The van der Waals surface area contributed by atoms with Gasteiger partial charge in [0.1, 0.15) is 24.0 Å². The van der Waals surface area contributed by atoms with E-state index in [1.807, 2.05) is 29.8 Å². The quantitative estimate of drug-likeness (QED) is 0.809. The van der Waals surface area contributed by atoms with Crippen molar-refractivity contribution in [2.24, 2.45) is 0 Å². The Morgan fingerprint density at radius 1 is 1.41 bits per heavy atom. The van der Waals surface area contributed by atoms with Gasteiger partial charge < -0.3 is 24.3 Å². The first-order valence-electron chi connectivity index (χ1n) is 7.30. The van der Waals surface area contributed by atoms with E-state index in [9.17, 15) is 9.90 Å². The lowest BCUT2D eigenvalue weighted by Gasteiger charge is -2.17. The summed E-state index contributed by atoms with van der Waals surface area (Å²) in [5, 5.41) is 12.7. The lowest BCUT2D eigenvalue weighted by molar-refractivity contribution is 0.0178. The van der Waals surface area contributed by atoms with Crippen LogP contribution in [0.1, 0.15) is 16.1 Å². The van der Waals surface area contributed by atoms with Crippen molar-refractivity contribution < 1.29 is 19.4 Å². The molecule has 1 amide bonds. The Morgan fingerprint density at radius 2 is 2.23 bits per heavy atom. The van der Waals surface area contributed by atoms with E-state index in [1.165, 1.54) is 0 Å². The maximum absolute atomic E-state index is 12.6. The number of rotatable bonds is 2. The fourth-order valence-corrected chi connectivity index (χ4v) is 3.16. The molecule has 0 bridgehead atoms. The molecule has 0 saturated carbocycles. The lowest BCUT2D eigenvalue weighted by atomic mass is 10.1. The van der Waals surface area contributed by atoms with Crippen LogP contribution in [0, 0.1) is 6.92 Å². The van der Waals surface area contributed by atoms with Crippen LogP contribution in [-0.4, -0.2) is 58.0 Å². The number of carbonyl (C=O) groups excluding carboxylic acids is 1. The van der Waals surface area contributed by atoms with Crippen molar-refractivity contribution in [3.63, 3.8) is 0 Å². The van der Waals surface area contributed by atoms with Crippen LogP contribution in [0.2, 0.25) is 0 Å².